The average molecular weight is 251 g/mol. The predicted octanol–water partition coefficient (Wildman–Crippen LogP) is 1.93. The number of hydrogen-bond donors (Lipinski definition) is 1. The van der Waals surface area contributed by atoms with Crippen molar-refractivity contribution in [1.82, 2.24) is 0 Å². The van der Waals surface area contributed by atoms with Crippen molar-refractivity contribution in [2.75, 3.05) is 0 Å². The van der Waals surface area contributed by atoms with Crippen molar-refractivity contribution in [3.8, 4) is 0 Å². The Balaban J connectivity index is 1.92. The van der Waals surface area contributed by atoms with Crippen LogP contribution in [0.5, 0.6) is 0 Å². The average Bonchev–Trinajstić information content (AvgIpc) is 2.34. The minimum Gasteiger partial charge on any atom is -0.322 e. The smallest absolute Gasteiger partial charge is 0.0903 e. The Morgan fingerprint density at radius 1 is 0.786 bits per heavy atom. The normalized spacial score (nSPS) is 90.0. The van der Waals surface area contributed by atoms with Gasteiger partial charge in [-0.2, -0.15) is 0 Å². The lowest BCUT2D eigenvalue weighted by atomic mass is 9.33. The number of nitrogens with two attached hydrogens (primary N) is 1. The van der Waals surface area contributed by atoms with Gasteiger partial charge in [0.2, 0.25) is 0 Å². The van der Waals surface area contributed by atoms with Crippen LogP contribution in [-0.4, -0.2) is 20.2 Å². The molecule has 2 N–H and O–H groups in total. The van der Waals surface area contributed by atoms with E-state index in [0.717, 1.165) is 0 Å². The van der Waals surface area contributed by atoms with Crippen LogP contribution >= 0.6 is 34.8 Å². The summed E-state index contributed by atoms with van der Waals surface area (Å²) in [5.74, 6) is 2.23. The van der Waals surface area contributed by atoms with Gasteiger partial charge in [-0.3, -0.25) is 0 Å². The summed E-state index contributed by atoms with van der Waals surface area (Å²) >= 11 is 20.0. The molecule has 8 unspecified atom stereocenters. The van der Waals surface area contributed by atoms with E-state index in [0.29, 0.717) is 23.7 Å². The van der Waals surface area contributed by atoms with Crippen LogP contribution in [0, 0.1) is 23.7 Å². The van der Waals surface area contributed by atoms with Gasteiger partial charge in [0.25, 0.3) is 0 Å². The van der Waals surface area contributed by atoms with Gasteiger partial charge in [0.15, 0.2) is 0 Å². The molecule has 0 aromatic carbocycles. The fourth-order valence-corrected chi connectivity index (χ4v) is 8.71. The Hall–Kier alpha value is 0.830. The van der Waals surface area contributed by atoms with Crippen molar-refractivity contribution >= 4 is 34.8 Å². The van der Waals surface area contributed by atoms with E-state index in [4.69, 9.17) is 40.5 Å². The molecule has 8 atom stereocenters. The number of alkyl halides is 3. The van der Waals surface area contributed by atoms with Crippen molar-refractivity contribution < 1.29 is 0 Å². The molecular weight excluding hydrogens is 240 g/mol. The molecule has 0 spiro atoms. The van der Waals surface area contributed by atoms with Gasteiger partial charge in [-0.15, -0.1) is 34.8 Å². The Morgan fingerprint density at radius 2 is 1.21 bits per heavy atom. The topological polar surface area (TPSA) is 26.0 Å². The monoisotopic (exact) mass is 249 g/mol. The van der Waals surface area contributed by atoms with Crippen LogP contribution in [0.3, 0.4) is 0 Å². The summed E-state index contributed by atoms with van der Waals surface area (Å²) in [5.41, 5.74) is 6.10. The first-order valence-electron chi connectivity index (χ1n) is 5.31. The Bertz CT molecular complexity index is 324. The number of fused-ring (bicyclic) bond motifs is 2. The molecule has 0 aromatic rings. The highest BCUT2D eigenvalue weighted by molar-refractivity contribution is 6.49. The molecule has 5 fully saturated rings. The van der Waals surface area contributed by atoms with Crippen LogP contribution < -0.4 is 5.73 Å². The fraction of sp³-hybridized carbons (Fsp3) is 1.00. The van der Waals surface area contributed by atoms with E-state index < -0.39 is 0 Å². The largest absolute Gasteiger partial charge is 0.322 e. The van der Waals surface area contributed by atoms with Gasteiger partial charge in [0.1, 0.15) is 0 Å². The van der Waals surface area contributed by atoms with Crippen LogP contribution in [0.1, 0.15) is 12.8 Å². The van der Waals surface area contributed by atoms with E-state index in [1.54, 1.807) is 0 Å². The highest BCUT2D eigenvalue weighted by Crippen LogP contribution is 2.98. The Morgan fingerprint density at radius 3 is 1.86 bits per heavy atom. The zero-order chi connectivity index (χ0) is 9.72. The van der Waals surface area contributed by atoms with Crippen molar-refractivity contribution in [2.24, 2.45) is 29.4 Å². The van der Waals surface area contributed by atoms with Crippen molar-refractivity contribution in [1.29, 1.82) is 0 Å². The summed E-state index contributed by atoms with van der Waals surface area (Å²) in [7, 11) is 0. The molecule has 5 saturated carbocycles. The van der Waals surface area contributed by atoms with E-state index >= 15 is 0 Å². The van der Waals surface area contributed by atoms with Crippen LogP contribution in [0.4, 0.5) is 0 Å². The molecule has 76 valence electrons. The van der Waals surface area contributed by atoms with Gasteiger partial charge < -0.3 is 5.73 Å². The van der Waals surface area contributed by atoms with Crippen molar-refractivity contribution in [3.05, 3.63) is 0 Å². The molecule has 0 radical (unpaired) electrons. The van der Waals surface area contributed by atoms with E-state index in [1.807, 2.05) is 0 Å². The fourth-order valence-electron chi connectivity index (χ4n) is 6.14. The summed E-state index contributed by atoms with van der Waals surface area (Å²) in [5, 5.41) is 0. The SMILES string of the molecule is NC12C3CC4C5CC3C1(Cl)C5(Cl)C42Cl. The molecule has 0 heterocycles. The maximum atomic E-state index is 6.68. The molecular formula is C10H10Cl3N. The quantitative estimate of drug-likeness (QED) is 0.653. The second kappa shape index (κ2) is 1.51. The molecule has 1 nitrogen and oxygen atoms in total. The van der Waals surface area contributed by atoms with Gasteiger partial charge >= 0.3 is 0 Å². The third kappa shape index (κ3) is 0.304. The molecule has 0 amide bonds. The highest BCUT2D eigenvalue weighted by Gasteiger charge is 3.09. The Labute approximate surface area is 97.2 Å². The maximum Gasteiger partial charge on any atom is 0.0903 e. The van der Waals surface area contributed by atoms with Crippen LogP contribution in [0.2, 0.25) is 0 Å². The first-order chi connectivity index (χ1) is 6.45. The van der Waals surface area contributed by atoms with Crippen LogP contribution in [0.15, 0.2) is 0 Å². The van der Waals surface area contributed by atoms with Crippen molar-refractivity contribution in [3.63, 3.8) is 0 Å². The second-order valence-electron chi connectivity index (χ2n) is 5.90. The molecule has 0 aromatic heterocycles. The first-order valence-corrected chi connectivity index (χ1v) is 6.44. The minimum atomic E-state index is -0.361. The summed E-state index contributed by atoms with van der Waals surface area (Å²) in [6.45, 7) is 0. The van der Waals surface area contributed by atoms with Crippen LogP contribution in [0.25, 0.3) is 0 Å². The molecule has 0 bridgehead atoms. The molecule has 0 saturated heterocycles. The summed E-state index contributed by atoms with van der Waals surface area (Å²) in [6.07, 6.45) is 2.36. The van der Waals surface area contributed by atoms with Gasteiger partial charge in [-0.1, -0.05) is 0 Å². The van der Waals surface area contributed by atoms with Crippen molar-refractivity contribution in [2.45, 2.75) is 33.0 Å². The minimum absolute atomic E-state index is 0.340. The molecule has 0 aliphatic heterocycles. The lowest BCUT2D eigenvalue weighted by Gasteiger charge is -2.84. The second-order valence-corrected chi connectivity index (χ2v) is 7.69. The molecule has 5 aliphatic rings. The number of hydrogen-bond acceptors (Lipinski definition) is 1. The molecule has 5 rings (SSSR count). The van der Waals surface area contributed by atoms with Gasteiger partial charge in [0, 0.05) is 0 Å². The molecule has 5 aliphatic carbocycles. The van der Waals surface area contributed by atoms with E-state index in [1.165, 1.54) is 12.8 Å². The lowest BCUT2D eigenvalue weighted by Crippen LogP contribution is -3.03. The van der Waals surface area contributed by atoms with Gasteiger partial charge in [-0.05, 0) is 36.5 Å². The summed E-state index contributed by atoms with van der Waals surface area (Å²) in [4.78, 5) is -1.07. The van der Waals surface area contributed by atoms with E-state index in [2.05, 4.69) is 0 Å². The van der Waals surface area contributed by atoms with Gasteiger partial charge in [-0.25, -0.2) is 0 Å². The Kier molecular flexibility index (Phi) is 0.863. The third-order valence-electron chi connectivity index (χ3n) is 6.37. The molecule has 4 heteroatoms. The predicted molar refractivity (Wildman–Crippen MR) is 55.9 cm³/mol. The highest BCUT2D eigenvalue weighted by atomic mass is 35.5. The first kappa shape index (κ1) is 8.00. The summed E-state index contributed by atoms with van der Waals surface area (Å²) in [6, 6.07) is 0. The maximum absolute atomic E-state index is 6.68. The summed E-state index contributed by atoms with van der Waals surface area (Å²) < 4.78 is 0. The standard InChI is InChI=1S/C10H10Cl3N/c11-7-3-1-5-6-2-4(3)8(7,12)10(6,14)9(5,7)13/h3-6H,1-2,14H2. The molecule has 14 heavy (non-hydrogen) atoms. The van der Waals surface area contributed by atoms with Gasteiger partial charge in [0.05, 0.1) is 20.2 Å². The number of halogens is 3. The zero-order valence-electron chi connectivity index (χ0n) is 7.43. The zero-order valence-corrected chi connectivity index (χ0v) is 9.70. The van der Waals surface area contributed by atoms with E-state index in [-0.39, 0.29) is 20.2 Å². The van der Waals surface area contributed by atoms with E-state index in [9.17, 15) is 0 Å². The van der Waals surface area contributed by atoms with Crippen LogP contribution in [-0.2, 0) is 0 Å². The number of rotatable bonds is 0. The third-order valence-corrected chi connectivity index (χ3v) is 9.22. The lowest BCUT2D eigenvalue weighted by molar-refractivity contribution is -0.138.